The van der Waals surface area contributed by atoms with Crippen molar-refractivity contribution in [3.05, 3.63) is 102 Å². The number of aryl methyl sites for hydroxylation is 1. The summed E-state index contributed by atoms with van der Waals surface area (Å²) in [6.45, 7) is 1.94. The molecule has 1 unspecified atom stereocenters. The average Bonchev–Trinajstić information content (AvgIpc) is 2.78. The summed E-state index contributed by atoms with van der Waals surface area (Å²) in [4.78, 5) is 2.32. The van der Waals surface area contributed by atoms with Crippen LogP contribution in [-0.2, 0) is 15.3 Å². The first-order valence-corrected chi connectivity index (χ1v) is 14.6. The van der Waals surface area contributed by atoms with Crippen LogP contribution in [0.4, 0.5) is 5.69 Å². The van der Waals surface area contributed by atoms with Crippen molar-refractivity contribution in [1.29, 1.82) is 0 Å². The number of hydrogen-bond donors (Lipinski definition) is 0. The molecule has 4 aromatic rings. The van der Waals surface area contributed by atoms with Crippen LogP contribution < -0.4 is 9.36 Å². The maximum atomic E-state index is 13.3. The van der Waals surface area contributed by atoms with E-state index in [9.17, 15) is 8.42 Å². The predicted octanol–water partition coefficient (Wildman–Crippen LogP) is 4.85. The molecule has 32 heavy (non-hydrogen) atoms. The topological polar surface area (TPSA) is 49.7 Å². The Kier molecular flexibility index (Phi) is 6.56. The Balaban J connectivity index is 1.95. The number of sulfonamides is 1. The molecular weight excluding hydrogens is 483 g/mol. The molecule has 0 fully saturated rings. The van der Waals surface area contributed by atoms with E-state index >= 15 is 0 Å². The summed E-state index contributed by atoms with van der Waals surface area (Å²) >= 11 is -2.16. The van der Waals surface area contributed by atoms with E-state index in [1.165, 1.54) is 0 Å². The third kappa shape index (κ3) is 4.83. The van der Waals surface area contributed by atoms with Gasteiger partial charge in [-0.25, -0.2) is 0 Å². The van der Waals surface area contributed by atoms with Crippen molar-refractivity contribution in [3.63, 3.8) is 0 Å². The molecule has 0 N–H and O–H groups in total. The Morgan fingerprint density at radius 1 is 0.812 bits per heavy atom. The number of hydrogen-bond acceptors (Lipinski definition) is 3. The molecule has 0 aliphatic heterocycles. The normalized spacial score (nSPS) is 12.7. The zero-order valence-electron chi connectivity index (χ0n) is 18.4. The van der Waals surface area contributed by atoms with Crippen molar-refractivity contribution in [2.75, 3.05) is 19.0 Å². The number of rotatable bonds is 6. The molecule has 0 radical (unpaired) electrons. The zero-order valence-corrected chi connectivity index (χ0v) is 20.9. The first kappa shape index (κ1) is 22.4. The summed E-state index contributed by atoms with van der Waals surface area (Å²) in [5.41, 5.74) is 3.19. The Morgan fingerprint density at radius 2 is 1.47 bits per heavy atom. The summed E-state index contributed by atoms with van der Waals surface area (Å²) in [6.07, 6.45) is 0. The van der Waals surface area contributed by atoms with E-state index in [0.29, 0.717) is 5.32 Å². The third-order valence-corrected chi connectivity index (χ3v) is 11.9. The van der Waals surface area contributed by atoms with Crippen LogP contribution in [0.3, 0.4) is 0 Å². The van der Waals surface area contributed by atoms with Crippen LogP contribution in [0.2, 0.25) is 0 Å². The van der Waals surface area contributed by atoms with Gasteiger partial charge in [-0.05, 0) is 0 Å². The van der Waals surface area contributed by atoms with Gasteiger partial charge in [-0.1, -0.05) is 0 Å². The molecule has 0 aromatic heterocycles. The second-order valence-corrected chi connectivity index (χ2v) is 13.5. The maximum absolute atomic E-state index is 13.3. The van der Waals surface area contributed by atoms with Crippen molar-refractivity contribution in [2.45, 2.75) is 17.1 Å². The molecule has 0 heterocycles. The molecule has 164 valence electrons. The molecule has 0 amide bonds. The molecule has 0 saturated carbocycles. The molecule has 0 saturated heterocycles. The first-order valence-electron chi connectivity index (χ1n) is 10.3. The average molecular weight is 510 g/mol. The van der Waals surface area contributed by atoms with E-state index in [1.54, 1.807) is 12.1 Å². The Morgan fingerprint density at radius 3 is 2.12 bits per heavy atom. The summed E-state index contributed by atoms with van der Waals surface area (Å²) in [6, 6.07) is 29.3. The molecule has 4 rings (SSSR count). The second-order valence-electron chi connectivity index (χ2n) is 7.88. The molecule has 0 aliphatic carbocycles. The Bertz CT molecular complexity index is 1380. The van der Waals surface area contributed by atoms with Crippen LogP contribution in [0.15, 0.2) is 99.3 Å². The van der Waals surface area contributed by atoms with Crippen molar-refractivity contribution in [3.8, 4) is 0 Å². The quantitative estimate of drug-likeness (QED) is 0.349. The Hall–Kier alpha value is -2.79. The van der Waals surface area contributed by atoms with Gasteiger partial charge in [0.05, 0.1) is 0 Å². The molecule has 4 aromatic carbocycles. The zero-order chi connectivity index (χ0) is 22.7. The van der Waals surface area contributed by atoms with Crippen molar-refractivity contribution in [1.82, 2.24) is 0 Å². The molecule has 0 bridgehead atoms. The van der Waals surface area contributed by atoms with Gasteiger partial charge in [-0.15, -0.1) is 0 Å². The van der Waals surface area contributed by atoms with Gasteiger partial charge in [-0.2, -0.15) is 0 Å². The number of anilines is 1. The number of nitrogens with zero attached hydrogens (tertiary/aromatic N) is 2. The summed E-state index contributed by atoms with van der Waals surface area (Å²) in [7, 11) is 0.244. The van der Waals surface area contributed by atoms with Gasteiger partial charge in [0.15, 0.2) is 0 Å². The van der Waals surface area contributed by atoms with Gasteiger partial charge in [0, 0.05) is 0 Å². The molecule has 4 nitrogen and oxygen atoms in total. The van der Waals surface area contributed by atoms with Crippen LogP contribution in [0.5, 0.6) is 0 Å². The van der Waals surface area contributed by atoms with E-state index in [0.717, 1.165) is 32.0 Å². The second kappa shape index (κ2) is 9.37. The van der Waals surface area contributed by atoms with Crippen molar-refractivity contribution < 1.29 is 8.42 Å². The van der Waals surface area contributed by atoms with Crippen LogP contribution in [0, 0.1) is 6.92 Å². The fourth-order valence-electron chi connectivity index (χ4n) is 3.60. The van der Waals surface area contributed by atoms with Crippen LogP contribution in [0.25, 0.3) is 10.8 Å². The van der Waals surface area contributed by atoms with Crippen LogP contribution in [0.1, 0.15) is 11.1 Å². The van der Waals surface area contributed by atoms with Crippen LogP contribution >= 0.6 is 0 Å². The van der Waals surface area contributed by atoms with Crippen molar-refractivity contribution >= 4 is 44.7 Å². The summed E-state index contributed by atoms with van der Waals surface area (Å²) in [5, 5.41) is 2.80. The number of fused-ring (bicyclic) bond motifs is 1. The van der Waals surface area contributed by atoms with Gasteiger partial charge in [0.2, 0.25) is 0 Å². The van der Waals surface area contributed by atoms with Crippen LogP contribution in [-0.4, -0.2) is 36.2 Å². The molecule has 0 spiro atoms. The SMILES string of the molecule is Cc1ccc(S(=O)(=O)/N=[Se](\Cc2ccccc2)c2cccc3cccc(N(C)C)c23)cc1. The molecule has 1 atom stereocenters. The minimum atomic E-state index is -3.78. The predicted molar refractivity (Wildman–Crippen MR) is 135 cm³/mol. The fourth-order valence-corrected chi connectivity index (χ4v) is 10.3. The monoisotopic (exact) mass is 510 g/mol. The van der Waals surface area contributed by atoms with Gasteiger partial charge in [-0.3, -0.25) is 0 Å². The standard InChI is InChI=1S/C26H26N2O2SSe/c1-20-15-17-23(18-16-20)31(29,30)27-32(19-21-9-5-4-6-10-21)25-14-8-12-22-11-7-13-24(26(22)25)28(2)3/h4-18H,19H2,1-3H3. The van der Waals surface area contributed by atoms with Gasteiger partial charge in [0.25, 0.3) is 0 Å². The van der Waals surface area contributed by atoms with Gasteiger partial charge in [0.1, 0.15) is 0 Å². The van der Waals surface area contributed by atoms with Crippen molar-refractivity contribution in [2.24, 2.45) is 3.37 Å². The summed E-state index contributed by atoms with van der Waals surface area (Å²) < 4.78 is 32.3. The van der Waals surface area contributed by atoms with E-state index in [1.807, 2.05) is 75.6 Å². The van der Waals surface area contributed by atoms with Gasteiger partial charge >= 0.3 is 195 Å². The van der Waals surface area contributed by atoms with E-state index in [4.69, 9.17) is 0 Å². The van der Waals surface area contributed by atoms with Gasteiger partial charge < -0.3 is 0 Å². The minimum absolute atomic E-state index is 0.248. The van der Waals surface area contributed by atoms with E-state index in [-0.39, 0.29) is 4.90 Å². The summed E-state index contributed by atoms with van der Waals surface area (Å²) in [5.74, 6) is 0. The third-order valence-electron chi connectivity index (χ3n) is 5.23. The van der Waals surface area contributed by atoms with E-state index < -0.39 is 23.7 Å². The Labute approximate surface area is 194 Å². The van der Waals surface area contributed by atoms with E-state index in [2.05, 4.69) is 32.5 Å². The molecule has 6 heteroatoms. The fraction of sp³-hybridized carbons (Fsp3) is 0.154. The molecular formula is C26H26N2O2SSe. The first-order chi connectivity index (χ1) is 15.3. The molecule has 0 aliphatic rings. The number of benzene rings is 4.